The van der Waals surface area contributed by atoms with Crippen molar-refractivity contribution in [3.63, 3.8) is 0 Å². The molecule has 1 aromatic heterocycles. The van der Waals surface area contributed by atoms with Crippen LogP contribution in [0.3, 0.4) is 0 Å². The second-order valence-corrected chi connectivity index (χ2v) is 2.63. The number of aryl methyl sites for hydroxylation is 1. The molecule has 0 aliphatic carbocycles. The molecule has 0 saturated heterocycles. The Morgan fingerprint density at radius 3 is 2.43 bits per heavy atom. The molecular weight excluding hydrogens is 181 g/mol. The van der Waals surface area contributed by atoms with Gasteiger partial charge in [0.15, 0.2) is 13.5 Å². The van der Waals surface area contributed by atoms with Crippen LogP contribution in [0.5, 0.6) is 0 Å². The van der Waals surface area contributed by atoms with Gasteiger partial charge in [0.05, 0.1) is 12.8 Å². The summed E-state index contributed by atoms with van der Waals surface area (Å²) < 4.78 is 4.54. The van der Waals surface area contributed by atoms with Crippen LogP contribution in [0.4, 0.5) is 0 Å². The van der Waals surface area contributed by atoms with Crippen LogP contribution in [0.15, 0.2) is 0 Å². The van der Waals surface area contributed by atoms with Crippen LogP contribution in [0.25, 0.3) is 0 Å². The van der Waals surface area contributed by atoms with Gasteiger partial charge in [-0.3, -0.25) is 4.98 Å². The van der Waals surface area contributed by atoms with Gasteiger partial charge in [-0.2, -0.15) is 0 Å². The zero-order chi connectivity index (χ0) is 10.0. The largest absolute Gasteiger partial charge is 0.464 e. The second-order valence-electron chi connectivity index (χ2n) is 2.63. The summed E-state index contributed by atoms with van der Waals surface area (Å²) in [7, 11) is 6.69. The monoisotopic (exact) mass is 193 g/mol. The molecule has 74 valence electrons. The minimum absolute atomic E-state index is 0. The molecule has 0 saturated carbocycles. The lowest BCUT2D eigenvalue weighted by atomic mass is 10.1. The average molecular weight is 193 g/mol. The van der Waals surface area contributed by atoms with E-state index in [1.54, 1.807) is 13.8 Å². The molecule has 0 amide bonds. The van der Waals surface area contributed by atoms with Crippen LogP contribution >= 0.6 is 0 Å². The number of carbonyl (C=O) groups is 1. The zero-order valence-electron chi connectivity index (χ0n) is 8.50. The molecule has 0 unspecified atom stereocenters. The third kappa shape index (κ3) is 2.29. The summed E-state index contributed by atoms with van der Waals surface area (Å²) in [6, 6.07) is 0. The lowest BCUT2D eigenvalue weighted by Gasteiger charge is -2.06. The lowest BCUT2D eigenvalue weighted by molar-refractivity contribution is 0.0593. The molecule has 1 aromatic rings. The van der Waals surface area contributed by atoms with Gasteiger partial charge in [-0.15, -0.1) is 0 Å². The van der Waals surface area contributed by atoms with E-state index in [1.165, 1.54) is 7.11 Å². The first-order valence-corrected chi connectivity index (χ1v) is 3.75. The van der Waals surface area contributed by atoms with Gasteiger partial charge in [0, 0.05) is 11.3 Å². The van der Waals surface area contributed by atoms with Crippen LogP contribution < -0.4 is 11.9 Å². The van der Waals surface area contributed by atoms with Crippen molar-refractivity contribution in [2.75, 3.05) is 7.11 Å². The smallest absolute Gasteiger partial charge is 0.357 e. The Labute approximate surface area is 83.9 Å². The molecule has 2 radical (unpaired) electrons. The molecule has 14 heavy (non-hydrogen) atoms. The highest BCUT2D eigenvalue weighted by Crippen LogP contribution is 2.06. The Hall–Kier alpha value is -1.43. The normalized spacial score (nSPS) is 9.07. The molecule has 1 rings (SSSR count). The molecule has 6 heteroatoms. The van der Waals surface area contributed by atoms with E-state index in [4.69, 9.17) is 7.85 Å². The van der Waals surface area contributed by atoms with Crippen molar-refractivity contribution in [1.29, 1.82) is 0 Å². The molecule has 0 aliphatic heterocycles. The third-order valence-corrected chi connectivity index (χ3v) is 1.79. The maximum Gasteiger partial charge on any atom is 0.357 e. The number of hydrogen-bond donors (Lipinski definition) is 1. The molecule has 0 fully saturated rings. The Kier molecular flexibility index (Phi) is 4.23. The molecule has 1 heterocycles. The second kappa shape index (κ2) is 4.71. The van der Waals surface area contributed by atoms with Gasteiger partial charge < -0.3 is 10.9 Å². The third-order valence-electron chi connectivity index (χ3n) is 1.79. The molecule has 5 nitrogen and oxygen atoms in total. The first-order chi connectivity index (χ1) is 6.06. The number of ether oxygens (including phenoxy) is 1. The highest BCUT2D eigenvalue weighted by Gasteiger charge is 2.13. The Morgan fingerprint density at radius 2 is 1.93 bits per heavy atom. The van der Waals surface area contributed by atoms with Crippen LogP contribution in [0.2, 0.25) is 0 Å². The van der Waals surface area contributed by atoms with Crippen molar-refractivity contribution in [3.05, 3.63) is 17.0 Å². The maximum absolute atomic E-state index is 11.2. The van der Waals surface area contributed by atoms with E-state index in [2.05, 4.69) is 14.7 Å². The fraction of sp³-hybridized carbons (Fsp3) is 0.375. The molecule has 0 aliphatic rings. The summed E-state index contributed by atoms with van der Waals surface area (Å²) in [5, 5.41) is 0. The van der Waals surface area contributed by atoms with E-state index in [0.29, 0.717) is 11.3 Å². The highest BCUT2D eigenvalue weighted by atomic mass is 16.5. The van der Waals surface area contributed by atoms with Gasteiger partial charge in [-0.1, -0.05) is 0 Å². The van der Waals surface area contributed by atoms with Crippen LogP contribution in [-0.2, 0) is 4.74 Å². The minimum Gasteiger partial charge on any atom is -0.464 e. The Balaban J connectivity index is 0.00000169. The molecular formula is C8H12BN3O2. The maximum atomic E-state index is 11.2. The first-order valence-electron chi connectivity index (χ1n) is 3.75. The quantitative estimate of drug-likeness (QED) is 0.494. The summed E-state index contributed by atoms with van der Waals surface area (Å²) in [6.07, 6.45) is 0. The first kappa shape index (κ1) is 12.6. The summed E-state index contributed by atoms with van der Waals surface area (Å²) in [4.78, 5) is 18.9. The van der Waals surface area contributed by atoms with Gasteiger partial charge in [0.25, 0.3) is 0 Å². The number of methoxy groups -OCH3 is 1. The summed E-state index contributed by atoms with van der Waals surface area (Å²) in [6.45, 7) is 3.51. The van der Waals surface area contributed by atoms with Crippen LogP contribution in [-0.4, -0.2) is 30.9 Å². The van der Waals surface area contributed by atoms with Gasteiger partial charge in [0.1, 0.15) is 0 Å². The van der Waals surface area contributed by atoms with E-state index in [1.807, 2.05) is 0 Å². The van der Waals surface area contributed by atoms with Crippen molar-refractivity contribution in [1.82, 2.24) is 16.1 Å². The predicted octanol–water partition coefficient (Wildman–Crippen LogP) is -0.164. The standard InChI is InChI=1S/C8H9BN2O2.H3N/c1-4-5(2)10-8(9)11-6(4)7(12)13-3;/h1-3H3;1H3. The van der Waals surface area contributed by atoms with Gasteiger partial charge >= 0.3 is 5.97 Å². The number of aromatic nitrogens is 2. The molecule has 3 N–H and O–H groups in total. The number of nitrogens with zero attached hydrogens (tertiary/aromatic N) is 2. The van der Waals surface area contributed by atoms with E-state index < -0.39 is 5.97 Å². The van der Waals surface area contributed by atoms with Crippen molar-refractivity contribution >= 4 is 19.5 Å². The van der Waals surface area contributed by atoms with Crippen LogP contribution in [0, 0.1) is 13.8 Å². The lowest BCUT2D eigenvalue weighted by Crippen LogP contribution is -2.21. The van der Waals surface area contributed by atoms with Crippen molar-refractivity contribution in [2.45, 2.75) is 13.8 Å². The average Bonchev–Trinajstić information content (AvgIpc) is 2.10. The number of esters is 1. The molecule has 0 spiro atoms. The SMILES string of the molecule is N.[B]c1nc(C)c(C)c(C(=O)OC)n1. The van der Waals surface area contributed by atoms with Crippen molar-refractivity contribution in [2.24, 2.45) is 0 Å². The number of carbonyl (C=O) groups excluding carboxylic acids is 1. The number of rotatable bonds is 1. The number of hydrogen-bond acceptors (Lipinski definition) is 5. The fourth-order valence-electron chi connectivity index (χ4n) is 0.946. The van der Waals surface area contributed by atoms with E-state index in [0.717, 1.165) is 0 Å². The van der Waals surface area contributed by atoms with E-state index in [9.17, 15) is 4.79 Å². The van der Waals surface area contributed by atoms with Crippen molar-refractivity contribution < 1.29 is 9.53 Å². The van der Waals surface area contributed by atoms with E-state index >= 15 is 0 Å². The minimum atomic E-state index is -0.491. The Bertz CT molecular complexity index is 355. The van der Waals surface area contributed by atoms with Crippen LogP contribution in [0.1, 0.15) is 21.7 Å². The summed E-state index contributed by atoms with van der Waals surface area (Å²) in [5.41, 5.74) is 1.70. The molecule has 0 bridgehead atoms. The molecule has 0 atom stereocenters. The molecule has 0 aromatic carbocycles. The summed E-state index contributed by atoms with van der Waals surface area (Å²) in [5.74, 6) is -0.491. The predicted molar refractivity (Wildman–Crippen MR) is 53.3 cm³/mol. The van der Waals surface area contributed by atoms with Gasteiger partial charge in [-0.05, 0) is 13.8 Å². The summed E-state index contributed by atoms with van der Waals surface area (Å²) >= 11 is 0. The van der Waals surface area contributed by atoms with Gasteiger partial charge in [-0.25, -0.2) is 9.78 Å². The zero-order valence-corrected chi connectivity index (χ0v) is 8.50. The van der Waals surface area contributed by atoms with Gasteiger partial charge in [0.2, 0.25) is 0 Å². The topological polar surface area (TPSA) is 87.1 Å². The highest BCUT2D eigenvalue weighted by molar-refractivity contribution is 6.29. The van der Waals surface area contributed by atoms with E-state index in [-0.39, 0.29) is 17.6 Å². The van der Waals surface area contributed by atoms with Crippen molar-refractivity contribution in [3.8, 4) is 0 Å². The Morgan fingerprint density at radius 1 is 1.36 bits per heavy atom. The fourth-order valence-corrected chi connectivity index (χ4v) is 0.946.